The van der Waals surface area contributed by atoms with E-state index in [1.165, 1.54) is 5.56 Å². The number of hydrogen-bond acceptors (Lipinski definition) is 4. The summed E-state index contributed by atoms with van der Waals surface area (Å²) in [6.45, 7) is 4.81. The summed E-state index contributed by atoms with van der Waals surface area (Å²) < 4.78 is 5.21. The molecule has 0 spiro atoms. The van der Waals surface area contributed by atoms with Crippen LogP contribution in [-0.2, 0) is 4.79 Å². The molecule has 24 heavy (non-hydrogen) atoms. The van der Waals surface area contributed by atoms with Crippen LogP contribution in [0.1, 0.15) is 37.8 Å². The van der Waals surface area contributed by atoms with Crippen molar-refractivity contribution < 1.29 is 14.6 Å². The number of carbonyl (C=O) groups is 1. The van der Waals surface area contributed by atoms with Gasteiger partial charge < -0.3 is 14.7 Å². The van der Waals surface area contributed by atoms with E-state index in [0.717, 1.165) is 38.1 Å². The van der Waals surface area contributed by atoms with E-state index in [1.807, 2.05) is 17.0 Å². The Bertz CT molecular complexity index is 560. The van der Waals surface area contributed by atoms with Crippen LogP contribution in [-0.4, -0.2) is 60.2 Å². The van der Waals surface area contributed by atoms with Crippen molar-refractivity contribution in [2.75, 3.05) is 33.3 Å². The largest absolute Gasteiger partial charge is 0.497 e. The third-order valence-corrected chi connectivity index (χ3v) is 5.44. The van der Waals surface area contributed by atoms with Crippen molar-refractivity contribution in [3.8, 4) is 5.75 Å². The van der Waals surface area contributed by atoms with E-state index in [9.17, 15) is 9.90 Å². The standard InChI is InChI=1S/C19H28N2O3/c1-14-9-11-20(12-18(14)22)13-19(23)21-10-3-4-17(21)15-5-7-16(24-2)8-6-15/h5-8,14,17-18,22H,3-4,9-13H2,1-2H3. The summed E-state index contributed by atoms with van der Waals surface area (Å²) in [5.74, 6) is 1.34. The van der Waals surface area contributed by atoms with Crippen molar-refractivity contribution in [3.05, 3.63) is 29.8 Å². The van der Waals surface area contributed by atoms with Crippen LogP contribution in [0.3, 0.4) is 0 Å². The second-order valence-corrected chi connectivity index (χ2v) is 7.09. The molecule has 2 aliphatic heterocycles. The Labute approximate surface area is 144 Å². The number of likely N-dealkylation sites (tertiary alicyclic amines) is 2. The molecule has 2 fully saturated rings. The Hall–Kier alpha value is -1.59. The summed E-state index contributed by atoms with van der Waals surface area (Å²) in [4.78, 5) is 16.9. The molecule has 3 unspecified atom stereocenters. The first-order valence-corrected chi connectivity index (χ1v) is 8.92. The summed E-state index contributed by atoms with van der Waals surface area (Å²) in [5, 5.41) is 10.0. The molecule has 0 radical (unpaired) electrons. The lowest BCUT2D eigenvalue weighted by molar-refractivity contribution is -0.134. The Morgan fingerprint density at radius 2 is 2.00 bits per heavy atom. The molecule has 1 amide bonds. The minimum absolute atomic E-state index is 0.164. The van der Waals surface area contributed by atoms with Crippen LogP contribution in [0.2, 0.25) is 0 Å². The number of piperidine rings is 1. The van der Waals surface area contributed by atoms with Gasteiger partial charge in [-0.1, -0.05) is 19.1 Å². The highest BCUT2D eigenvalue weighted by Crippen LogP contribution is 2.33. The molecule has 5 nitrogen and oxygen atoms in total. The van der Waals surface area contributed by atoms with E-state index in [2.05, 4.69) is 24.0 Å². The lowest BCUT2D eigenvalue weighted by Gasteiger charge is -2.35. The fraction of sp³-hybridized carbons (Fsp3) is 0.632. The molecule has 5 heteroatoms. The van der Waals surface area contributed by atoms with E-state index in [4.69, 9.17) is 4.74 Å². The van der Waals surface area contributed by atoms with Crippen molar-refractivity contribution in [3.63, 3.8) is 0 Å². The zero-order chi connectivity index (χ0) is 17.1. The topological polar surface area (TPSA) is 53.0 Å². The molecule has 2 saturated heterocycles. The Morgan fingerprint density at radius 3 is 2.67 bits per heavy atom. The molecule has 0 aliphatic carbocycles. The predicted octanol–water partition coefficient (Wildman–Crippen LogP) is 2.06. The molecule has 1 aromatic rings. The van der Waals surface area contributed by atoms with Gasteiger partial charge in [0.2, 0.25) is 5.91 Å². The molecular weight excluding hydrogens is 304 g/mol. The number of hydrogen-bond donors (Lipinski definition) is 1. The lowest BCUT2D eigenvalue weighted by atomic mass is 9.96. The third kappa shape index (κ3) is 3.73. The van der Waals surface area contributed by atoms with E-state index >= 15 is 0 Å². The van der Waals surface area contributed by atoms with E-state index in [-0.39, 0.29) is 18.1 Å². The fourth-order valence-corrected chi connectivity index (χ4v) is 3.78. The van der Waals surface area contributed by atoms with Crippen LogP contribution in [0.15, 0.2) is 24.3 Å². The van der Waals surface area contributed by atoms with Crippen LogP contribution >= 0.6 is 0 Å². The molecule has 3 atom stereocenters. The second kappa shape index (κ2) is 7.53. The van der Waals surface area contributed by atoms with Gasteiger partial charge in [-0.3, -0.25) is 9.69 Å². The molecule has 3 rings (SSSR count). The molecule has 0 aromatic heterocycles. The van der Waals surface area contributed by atoms with Gasteiger partial charge in [-0.05, 0) is 49.4 Å². The van der Waals surface area contributed by atoms with E-state index < -0.39 is 0 Å². The zero-order valence-electron chi connectivity index (χ0n) is 14.6. The average Bonchev–Trinajstić information content (AvgIpc) is 3.08. The number of ether oxygens (including phenoxy) is 1. The second-order valence-electron chi connectivity index (χ2n) is 7.09. The molecule has 132 valence electrons. The van der Waals surface area contributed by atoms with Crippen molar-refractivity contribution in [1.29, 1.82) is 0 Å². The molecule has 1 aromatic carbocycles. The summed E-state index contributed by atoms with van der Waals surface area (Å²) in [7, 11) is 1.66. The Balaban J connectivity index is 1.63. The van der Waals surface area contributed by atoms with Gasteiger partial charge in [0.25, 0.3) is 0 Å². The first-order valence-electron chi connectivity index (χ1n) is 8.92. The van der Waals surface area contributed by atoms with Crippen LogP contribution in [0.4, 0.5) is 0 Å². The highest BCUT2D eigenvalue weighted by Gasteiger charge is 2.32. The van der Waals surface area contributed by atoms with Gasteiger partial charge in [-0.15, -0.1) is 0 Å². The van der Waals surface area contributed by atoms with Crippen LogP contribution in [0, 0.1) is 5.92 Å². The van der Waals surface area contributed by atoms with Gasteiger partial charge in [0, 0.05) is 13.1 Å². The number of methoxy groups -OCH3 is 1. The molecule has 2 aliphatic rings. The Kier molecular flexibility index (Phi) is 5.41. The minimum Gasteiger partial charge on any atom is -0.497 e. The van der Waals surface area contributed by atoms with Crippen LogP contribution < -0.4 is 4.74 Å². The number of aliphatic hydroxyl groups is 1. The summed E-state index contributed by atoms with van der Waals surface area (Å²) in [6.07, 6.45) is 2.69. The van der Waals surface area contributed by atoms with Crippen molar-refractivity contribution in [2.45, 2.75) is 38.3 Å². The SMILES string of the molecule is COc1ccc(C2CCCN2C(=O)CN2CCC(C)C(O)C2)cc1. The number of amides is 1. The molecule has 2 heterocycles. The van der Waals surface area contributed by atoms with Crippen LogP contribution in [0.25, 0.3) is 0 Å². The van der Waals surface area contributed by atoms with Gasteiger partial charge in [-0.2, -0.15) is 0 Å². The number of benzene rings is 1. The van der Waals surface area contributed by atoms with Crippen molar-refractivity contribution in [1.82, 2.24) is 9.80 Å². The lowest BCUT2D eigenvalue weighted by Crippen LogP contribution is -2.47. The molecule has 0 saturated carbocycles. The van der Waals surface area contributed by atoms with Crippen molar-refractivity contribution in [2.24, 2.45) is 5.92 Å². The maximum Gasteiger partial charge on any atom is 0.237 e. The highest BCUT2D eigenvalue weighted by atomic mass is 16.5. The first-order chi connectivity index (χ1) is 11.6. The maximum atomic E-state index is 12.8. The number of rotatable bonds is 4. The van der Waals surface area contributed by atoms with E-state index in [0.29, 0.717) is 19.0 Å². The maximum absolute atomic E-state index is 12.8. The molecule has 0 bridgehead atoms. The molecular formula is C19H28N2O3. The van der Waals surface area contributed by atoms with Gasteiger partial charge in [0.05, 0.1) is 25.8 Å². The number of nitrogens with zero attached hydrogens (tertiary/aromatic N) is 2. The quantitative estimate of drug-likeness (QED) is 0.917. The van der Waals surface area contributed by atoms with E-state index in [1.54, 1.807) is 7.11 Å². The van der Waals surface area contributed by atoms with Gasteiger partial charge in [-0.25, -0.2) is 0 Å². The third-order valence-electron chi connectivity index (χ3n) is 5.44. The van der Waals surface area contributed by atoms with Gasteiger partial charge in [0.1, 0.15) is 5.75 Å². The van der Waals surface area contributed by atoms with Crippen molar-refractivity contribution >= 4 is 5.91 Å². The van der Waals surface area contributed by atoms with Gasteiger partial charge in [0.15, 0.2) is 0 Å². The smallest absolute Gasteiger partial charge is 0.237 e. The average molecular weight is 332 g/mol. The summed E-state index contributed by atoms with van der Waals surface area (Å²) in [5.41, 5.74) is 1.17. The van der Waals surface area contributed by atoms with Gasteiger partial charge >= 0.3 is 0 Å². The Morgan fingerprint density at radius 1 is 1.25 bits per heavy atom. The normalized spacial score (nSPS) is 28.1. The fourth-order valence-electron chi connectivity index (χ4n) is 3.78. The summed E-state index contributed by atoms with van der Waals surface area (Å²) >= 11 is 0. The highest BCUT2D eigenvalue weighted by molar-refractivity contribution is 5.79. The monoisotopic (exact) mass is 332 g/mol. The summed E-state index contributed by atoms with van der Waals surface area (Å²) in [6, 6.07) is 8.19. The number of β-amino-alcohol motifs (C(OH)–C–C–N with tert-alkyl or cyclic N) is 1. The first kappa shape index (κ1) is 17.2. The number of carbonyl (C=O) groups excluding carboxylic acids is 1. The zero-order valence-corrected chi connectivity index (χ0v) is 14.6. The minimum atomic E-state index is -0.317. The molecule has 1 N–H and O–H groups in total. The predicted molar refractivity (Wildman–Crippen MR) is 92.9 cm³/mol. The number of aliphatic hydroxyl groups excluding tert-OH is 1. The van der Waals surface area contributed by atoms with Crippen LogP contribution in [0.5, 0.6) is 5.75 Å².